The van der Waals surface area contributed by atoms with Crippen LogP contribution in [-0.4, -0.2) is 30.6 Å². The third-order valence-electron chi connectivity index (χ3n) is 4.90. The van der Waals surface area contributed by atoms with Gasteiger partial charge in [-0.2, -0.15) is 0 Å². The standard InChI is InChI=1S/C17H24ClFN2/c18-15-7-6-13(10-16(15)19)11-21-9-8-20-17(12-21)14-4-2-1-3-5-14/h6-7,10,14,17,20H,1-5,8-9,11-12H2. The van der Waals surface area contributed by atoms with Crippen LogP contribution in [0.3, 0.4) is 0 Å². The Balaban J connectivity index is 1.59. The van der Waals surface area contributed by atoms with E-state index in [4.69, 9.17) is 11.6 Å². The summed E-state index contributed by atoms with van der Waals surface area (Å²) < 4.78 is 13.5. The zero-order valence-corrected chi connectivity index (χ0v) is 13.2. The minimum absolute atomic E-state index is 0.208. The molecule has 1 aromatic carbocycles. The fourth-order valence-electron chi connectivity index (χ4n) is 3.73. The molecular weight excluding hydrogens is 287 g/mol. The number of benzene rings is 1. The van der Waals surface area contributed by atoms with E-state index in [1.807, 2.05) is 6.07 Å². The molecule has 0 aromatic heterocycles. The molecule has 1 N–H and O–H groups in total. The third kappa shape index (κ3) is 3.97. The van der Waals surface area contributed by atoms with Crippen molar-refractivity contribution in [3.05, 3.63) is 34.6 Å². The summed E-state index contributed by atoms with van der Waals surface area (Å²) in [5, 5.41) is 3.90. The smallest absolute Gasteiger partial charge is 0.142 e. The van der Waals surface area contributed by atoms with Gasteiger partial charge in [-0.25, -0.2) is 4.39 Å². The van der Waals surface area contributed by atoms with Crippen LogP contribution in [0.25, 0.3) is 0 Å². The molecule has 2 nitrogen and oxygen atoms in total. The van der Waals surface area contributed by atoms with Gasteiger partial charge in [-0.15, -0.1) is 0 Å². The Morgan fingerprint density at radius 2 is 2.05 bits per heavy atom. The van der Waals surface area contributed by atoms with Crippen LogP contribution >= 0.6 is 11.6 Å². The maximum Gasteiger partial charge on any atom is 0.142 e. The minimum Gasteiger partial charge on any atom is -0.311 e. The molecule has 1 aliphatic heterocycles. The molecule has 116 valence electrons. The van der Waals surface area contributed by atoms with Crippen LogP contribution in [0.2, 0.25) is 5.02 Å². The Kier molecular flexibility index (Phi) is 5.15. The SMILES string of the molecule is Fc1cc(CN2CCNC(C3CCCCC3)C2)ccc1Cl. The molecule has 1 aliphatic carbocycles. The molecule has 1 aromatic rings. The molecule has 2 aliphatic rings. The van der Waals surface area contributed by atoms with Crippen LogP contribution in [0.4, 0.5) is 4.39 Å². The number of nitrogens with one attached hydrogen (secondary N) is 1. The highest BCUT2D eigenvalue weighted by Crippen LogP contribution is 2.28. The second-order valence-corrected chi connectivity index (χ2v) is 6.85. The second kappa shape index (κ2) is 7.08. The van der Waals surface area contributed by atoms with Crippen LogP contribution < -0.4 is 5.32 Å². The van der Waals surface area contributed by atoms with E-state index in [0.29, 0.717) is 6.04 Å². The molecule has 21 heavy (non-hydrogen) atoms. The highest BCUT2D eigenvalue weighted by molar-refractivity contribution is 6.30. The number of halogens is 2. The van der Waals surface area contributed by atoms with E-state index in [1.54, 1.807) is 12.1 Å². The summed E-state index contributed by atoms with van der Waals surface area (Å²) >= 11 is 5.75. The average molecular weight is 311 g/mol. The summed E-state index contributed by atoms with van der Waals surface area (Å²) in [5.41, 5.74) is 1.01. The summed E-state index contributed by atoms with van der Waals surface area (Å²) in [5.74, 6) is 0.511. The lowest BCUT2D eigenvalue weighted by Crippen LogP contribution is -2.53. The van der Waals surface area contributed by atoms with Gasteiger partial charge in [0.05, 0.1) is 5.02 Å². The lowest BCUT2D eigenvalue weighted by Gasteiger charge is -2.39. The second-order valence-electron chi connectivity index (χ2n) is 6.44. The Morgan fingerprint density at radius 3 is 2.81 bits per heavy atom. The molecule has 1 heterocycles. The van der Waals surface area contributed by atoms with Gasteiger partial charge in [0.2, 0.25) is 0 Å². The number of hydrogen-bond donors (Lipinski definition) is 1. The van der Waals surface area contributed by atoms with E-state index >= 15 is 0 Å². The van der Waals surface area contributed by atoms with Crippen LogP contribution in [-0.2, 0) is 6.54 Å². The van der Waals surface area contributed by atoms with Gasteiger partial charge in [-0.3, -0.25) is 4.90 Å². The summed E-state index contributed by atoms with van der Waals surface area (Å²) in [6.45, 7) is 3.97. The fourth-order valence-corrected chi connectivity index (χ4v) is 3.85. The lowest BCUT2D eigenvalue weighted by atomic mass is 9.83. The van der Waals surface area contributed by atoms with Gasteiger partial charge in [0.1, 0.15) is 5.82 Å². The summed E-state index contributed by atoms with van der Waals surface area (Å²) in [6.07, 6.45) is 6.88. The summed E-state index contributed by atoms with van der Waals surface area (Å²) in [6, 6.07) is 5.77. The molecular formula is C17H24ClFN2. The molecule has 4 heteroatoms. The van der Waals surface area contributed by atoms with Crippen LogP contribution in [0, 0.1) is 11.7 Å². The van der Waals surface area contributed by atoms with Crippen molar-refractivity contribution in [2.75, 3.05) is 19.6 Å². The first kappa shape index (κ1) is 15.3. The topological polar surface area (TPSA) is 15.3 Å². The van der Waals surface area contributed by atoms with E-state index in [-0.39, 0.29) is 10.8 Å². The first-order valence-corrected chi connectivity index (χ1v) is 8.50. The van der Waals surface area contributed by atoms with Gasteiger partial charge in [-0.1, -0.05) is 36.9 Å². The molecule has 1 unspecified atom stereocenters. The quantitative estimate of drug-likeness (QED) is 0.912. The van der Waals surface area contributed by atoms with Crippen molar-refractivity contribution < 1.29 is 4.39 Å². The van der Waals surface area contributed by atoms with Crippen molar-refractivity contribution in [2.24, 2.45) is 5.92 Å². The normalized spacial score (nSPS) is 25.1. The number of hydrogen-bond acceptors (Lipinski definition) is 2. The Hall–Kier alpha value is -0.640. The number of rotatable bonds is 3. The minimum atomic E-state index is -0.312. The molecule has 1 saturated heterocycles. The van der Waals surface area contributed by atoms with Crippen molar-refractivity contribution in [3.63, 3.8) is 0 Å². The third-order valence-corrected chi connectivity index (χ3v) is 5.21. The number of nitrogens with zero attached hydrogens (tertiary/aromatic N) is 1. The van der Waals surface area contributed by atoms with Crippen LogP contribution in [0.1, 0.15) is 37.7 Å². The van der Waals surface area contributed by atoms with Gasteiger partial charge in [0, 0.05) is 32.2 Å². The van der Waals surface area contributed by atoms with E-state index < -0.39 is 0 Å². The number of piperazine rings is 1. The van der Waals surface area contributed by atoms with E-state index in [9.17, 15) is 4.39 Å². The van der Waals surface area contributed by atoms with Crippen molar-refractivity contribution in [2.45, 2.75) is 44.7 Å². The maximum absolute atomic E-state index is 13.5. The molecule has 0 radical (unpaired) electrons. The van der Waals surface area contributed by atoms with Crippen molar-refractivity contribution in [1.82, 2.24) is 10.2 Å². The summed E-state index contributed by atoms with van der Waals surface area (Å²) in [7, 11) is 0. The average Bonchev–Trinajstić information content (AvgIpc) is 2.52. The predicted octanol–water partition coefficient (Wildman–Crippen LogP) is 3.83. The molecule has 1 saturated carbocycles. The van der Waals surface area contributed by atoms with Gasteiger partial charge < -0.3 is 5.32 Å². The first-order valence-electron chi connectivity index (χ1n) is 8.12. The van der Waals surface area contributed by atoms with Gasteiger partial charge in [0.25, 0.3) is 0 Å². The van der Waals surface area contributed by atoms with Crippen LogP contribution in [0.15, 0.2) is 18.2 Å². The van der Waals surface area contributed by atoms with E-state index in [1.165, 1.54) is 32.1 Å². The van der Waals surface area contributed by atoms with Crippen molar-refractivity contribution in [3.8, 4) is 0 Å². The monoisotopic (exact) mass is 310 g/mol. The highest BCUT2D eigenvalue weighted by Gasteiger charge is 2.27. The van der Waals surface area contributed by atoms with Gasteiger partial charge in [-0.05, 0) is 36.5 Å². The maximum atomic E-state index is 13.5. The fraction of sp³-hybridized carbons (Fsp3) is 0.647. The van der Waals surface area contributed by atoms with Gasteiger partial charge in [0.15, 0.2) is 0 Å². The van der Waals surface area contributed by atoms with Gasteiger partial charge >= 0.3 is 0 Å². The molecule has 1 atom stereocenters. The summed E-state index contributed by atoms with van der Waals surface area (Å²) in [4.78, 5) is 2.44. The van der Waals surface area contributed by atoms with Crippen molar-refractivity contribution in [1.29, 1.82) is 0 Å². The molecule has 0 bridgehead atoms. The van der Waals surface area contributed by atoms with E-state index in [0.717, 1.165) is 37.7 Å². The Morgan fingerprint density at radius 1 is 1.24 bits per heavy atom. The Bertz CT molecular complexity index is 474. The largest absolute Gasteiger partial charge is 0.311 e. The van der Waals surface area contributed by atoms with Crippen molar-refractivity contribution >= 4 is 11.6 Å². The molecule has 3 rings (SSSR count). The molecule has 0 amide bonds. The molecule has 0 spiro atoms. The predicted molar refractivity (Wildman–Crippen MR) is 85.1 cm³/mol. The zero-order valence-electron chi connectivity index (χ0n) is 12.5. The zero-order chi connectivity index (χ0) is 14.7. The lowest BCUT2D eigenvalue weighted by molar-refractivity contribution is 0.141. The van der Waals surface area contributed by atoms with E-state index in [2.05, 4.69) is 10.2 Å². The molecule has 2 fully saturated rings. The first-order chi connectivity index (χ1) is 10.2. The Labute approximate surface area is 131 Å². The highest BCUT2D eigenvalue weighted by atomic mass is 35.5. The van der Waals surface area contributed by atoms with Crippen LogP contribution in [0.5, 0.6) is 0 Å².